The Morgan fingerprint density at radius 3 is 2.80 bits per heavy atom. The maximum atomic E-state index is 12.5. The summed E-state index contributed by atoms with van der Waals surface area (Å²) in [4.78, 5) is 22.3. The summed E-state index contributed by atoms with van der Waals surface area (Å²) in [5, 5.41) is 4.26. The molecule has 5 nitrogen and oxygen atoms in total. The molecule has 20 heavy (non-hydrogen) atoms. The smallest absolute Gasteiger partial charge is 0.212 e. The molecule has 0 N–H and O–H groups in total. The third kappa shape index (κ3) is 1.59. The van der Waals surface area contributed by atoms with Crippen LogP contribution in [0.1, 0.15) is 40.2 Å². The minimum Gasteiger partial charge on any atom is -0.392 e. The molecule has 1 saturated carbocycles. The predicted molar refractivity (Wildman–Crippen MR) is 72.8 cm³/mol. The summed E-state index contributed by atoms with van der Waals surface area (Å²) < 4.78 is 1.74. The molecule has 0 aliphatic heterocycles. The standard InChI is InChI=1S/C15H13N3O2/c1-18-8-16-13-12(17-20-9-6-7-9)10-4-2-3-5-11(10)15(19)14(13)18/h2-5,8-9H,6-7H2,1H3. The molecule has 100 valence electrons. The van der Waals surface area contributed by atoms with Gasteiger partial charge in [-0.05, 0) is 12.8 Å². The van der Waals surface area contributed by atoms with Crippen LogP contribution >= 0.6 is 0 Å². The highest BCUT2D eigenvalue weighted by Crippen LogP contribution is 2.29. The van der Waals surface area contributed by atoms with Crippen LogP contribution in [0.5, 0.6) is 0 Å². The van der Waals surface area contributed by atoms with Gasteiger partial charge in [-0.15, -0.1) is 0 Å². The van der Waals surface area contributed by atoms with Gasteiger partial charge in [0.05, 0.1) is 6.33 Å². The first kappa shape index (κ1) is 11.4. The first-order valence-electron chi connectivity index (χ1n) is 6.65. The highest BCUT2D eigenvalue weighted by molar-refractivity contribution is 6.28. The van der Waals surface area contributed by atoms with Crippen LogP contribution in [0.3, 0.4) is 0 Å². The molecule has 4 rings (SSSR count). The average Bonchev–Trinajstić information content (AvgIpc) is 3.21. The van der Waals surface area contributed by atoms with E-state index >= 15 is 0 Å². The SMILES string of the molecule is Cn1cnc2c1C(=O)c1ccccc1C2=NOC1CC1. The molecule has 0 bridgehead atoms. The van der Waals surface area contributed by atoms with Gasteiger partial charge in [0.25, 0.3) is 0 Å². The van der Waals surface area contributed by atoms with Gasteiger partial charge in [-0.25, -0.2) is 4.98 Å². The number of benzene rings is 1. The molecule has 0 radical (unpaired) electrons. The van der Waals surface area contributed by atoms with Gasteiger partial charge in [0.2, 0.25) is 5.78 Å². The summed E-state index contributed by atoms with van der Waals surface area (Å²) in [5.74, 6) is -0.0130. The molecular formula is C15H13N3O2. The Morgan fingerprint density at radius 2 is 2.05 bits per heavy atom. The maximum absolute atomic E-state index is 12.5. The first-order valence-corrected chi connectivity index (χ1v) is 6.65. The number of ketones is 1. The van der Waals surface area contributed by atoms with Gasteiger partial charge < -0.3 is 9.40 Å². The fourth-order valence-corrected chi connectivity index (χ4v) is 2.41. The van der Waals surface area contributed by atoms with Crippen LogP contribution < -0.4 is 0 Å². The Kier molecular flexibility index (Phi) is 2.30. The zero-order valence-electron chi connectivity index (χ0n) is 11.0. The lowest BCUT2D eigenvalue weighted by Crippen LogP contribution is -2.23. The number of hydrogen-bond acceptors (Lipinski definition) is 4. The number of rotatable bonds is 2. The van der Waals surface area contributed by atoms with Crippen LogP contribution in [0.4, 0.5) is 0 Å². The first-order chi connectivity index (χ1) is 9.75. The highest BCUT2D eigenvalue weighted by Gasteiger charge is 2.33. The summed E-state index contributed by atoms with van der Waals surface area (Å²) >= 11 is 0. The van der Waals surface area contributed by atoms with Crippen molar-refractivity contribution in [1.82, 2.24) is 9.55 Å². The summed E-state index contributed by atoms with van der Waals surface area (Å²) in [6, 6.07) is 7.46. The molecule has 2 aliphatic rings. The van der Waals surface area contributed by atoms with Crippen molar-refractivity contribution in [1.29, 1.82) is 0 Å². The molecule has 0 amide bonds. The van der Waals surface area contributed by atoms with Gasteiger partial charge in [0, 0.05) is 18.2 Å². The van der Waals surface area contributed by atoms with E-state index in [0.29, 0.717) is 22.7 Å². The van der Waals surface area contributed by atoms with Gasteiger partial charge in [0.15, 0.2) is 0 Å². The van der Waals surface area contributed by atoms with Crippen molar-refractivity contribution >= 4 is 11.5 Å². The van der Waals surface area contributed by atoms with Crippen molar-refractivity contribution in [2.45, 2.75) is 18.9 Å². The average molecular weight is 267 g/mol. The van der Waals surface area contributed by atoms with Crippen LogP contribution in [0.15, 0.2) is 35.7 Å². The Hall–Kier alpha value is -2.43. The minimum atomic E-state index is -0.0130. The molecule has 0 saturated heterocycles. The molecule has 0 unspecified atom stereocenters. The summed E-state index contributed by atoms with van der Waals surface area (Å²) in [5.41, 5.74) is 3.28. The lowest BCUT2D eigenvalue weighted by molar-refractivity contribution is 0.102. The van der Waals surface area contributed by atoms with Gasteiger partial charge in [0.1, 0.15) is 23.2 Å². The number of hydrogen-bond donors (Lipinski definition) is 0. The highest BCUT2D eigenvalue weighted by atomic mass is 16.6. The second-order valence-corrected chi connectivity index (χ2v) is 5.17. The molecule has 1 fully saturated rings. The van der Waals surface area contributed by atoms with Gasteiger partial charge in [-0.2, -0.15) is 0 Å². The van der Waals surface area contributed by atoms with E-state index in [2.05, 4.69) is 10.1 Å². The van der Waals surface area contributed by atoms with Crippen molar-refractivity contribution in [3.05, 3.63) is 53.1 Å². The lowest BCUT2D eigenvalue weighted by Gasteiger charge is -2.16. The second-order valence-electron chi connectivity index (χ2n) is 5.17. The number of nitrogens with zero attached hydrogens (tertiary/aromatic N) is 3. The number of aromatic nitrogens is 2. The number of carbonyl (C=O) groups excluding carboxylic acids is 1. The van der Waals surface area contributed by atoms with Gasteiger partial charge in [-0.3, -0.25) is 4.79 Å². The number of imidazole rings is 1. The molecule has 1 aromatic heterocycles. The number of fused-ring (bicyclic) bond motifs is 2. The molecule has 1 heterocycles. The van der Waals surface area contributed by atoms with Crippen LogP contribution in [-0.4, -0.2) is 27.1 Å². The summed E-state index contributed by atoms with van der Waals surface area (Å²) in [7, 11) is 1.82. The third-order valence-electron chi connectivity index (χ3n) is 3.62. The van der Waals surface area contributed by atoms with Crippen LogP contribution in [0.25, 0.3) is 0 Å². The van der Waals surface area contributed by atoms with Crippen molar-refractivity contribution < 1.29 is 9.63 Å². The minimum absolute atomic E-state index is 0.0130. The molecular weight excluding hydrogens is 254 g/mol. The second kappa shape index (κ2) is 4.03. The molecule has 0 atom stereocenters. The molecule has 2 aliphatic carbocycles. The van der Waals surface area contributed by atoms with Crippen LogP contribution in [0, 0.1) is 0 Å². The zero-order valence-corrected chi connectivity index (χ0v) is 11.0. The van der Waals surface area contributed by atoms with E-state index in [1.165, 1.54) is 0 Å². The zero-order chi connectivity index (χ0) is 13.7. The Balaban J connectivity index is 1.92. The van der Waals surface area contributed by atoms with Crippen molar-refractivity contribution in [3.63, 3.8) is 0 Å². The van der Waals surface area contributed by atoms with Crippen LogP contribution in [-0.2, 0) is 11.9 Å². The van der Waals surface area contributed by atoms with Crippen molar-refractivity contribution in [2.24, 2.45) is 12.2 Å². The number of oxime groups is 1. The van der Waals surface area contributed by atoms with Gasteiger partial charge >= 0.3 is 0 Å². The number of aryl methyl sites for hydroxylation is 1. The van der Waals surface area contributed by atoms with E-state index in [4.69, 9.17) is 4.84 Å². The quantitative estimate of drug-likeness (QED) is 0.666. The Bertz CT molecular complexity index is 741. The maximum Gasteiger partial charge on any atom is 0.212 e. The fraction of sp³-hybridized carbons (Fsp3) is 0.267. The van der Waals surface area contributed by atoms with E-state index in [-0.39, 0.29) is 11.9 Å². The predicted octanol–water partition coefficient (Wildman–Crippen LogP) is 1.90. The summed E-state index contributed by atoms with van der Waals surface area (Å²) in [6.45, 7) is 0. The van der Waals surface area contributed by atoms with Gasteiger partial charge in [-0.1, -0.05) is 29.4 Å². The summed E-state index contributed by atoms with van der Waals surface area (Å²) in [6.07, 6.45) is 3.96. The molecule has 1 aromatic carbocycles. The van der Waals surface area contributed by atoms with E-state index in [1.54, 1.807) is 10.9 Å². The normalized spacial score (nSPS) is 18.9. The molecule has 2 aromatic rings. The largest absolute Gasteiger partial charge is 0.392 e. The van der Waals surface area contributed by atoms with Crippen molar-refractivity contribution in [3.8, 4) is 0 Å². The fourth-order valence-electron chi connectivity index (χ4n) is 2.41. The third-order valence-corrected chi connectivity index (χ3v) is 3.62. The van der Waals surface area contributed by atoms with E-state index in [0.717, 1.165) is 18.4 Å². The van der Waals surface area contributed by atoms with Crippen molar-refractivity contribution in [2.75, 3.05) is 0 Å². The van der Waals surface area contributed by atoms with E-state index < -0.39 is 0 Å². The Morgan fingerprint density at radius 1 is 1.30 bits per heavy atom. The topological polar surface area (TPSA) is 56.5 Å². The molecule has 5 heteroatoms. The van der Waals surface area contributed by atoms with Crippen LogP contribution in [0.2, 0.25) is 0 Å². The monoisotopic (exact) mass is 267 g/mol. The van der Waals surface area contributed by atoms with E-state index in [9.17, 15) is 4.79 Å². The Labute approximate surface area is 115 Å². The lowest BCUT2D eigenvalue weighted by atomic mass is 9.89. The van der Waals surface area contributed by atoms with E-state index in [1.807, 2.05) is 31.3 Å². The number of carbonyl (C=O) groups is 1. The molecule has 0 spiro atoms.